The van der Waals surface area contributed by atoms with Gasteiger partial charge < -0.3 is 10.1 Å². The number of ether oxygens (including phenoxy) is 1. The summed E-state index contributed by atoms with van der Waals surface area (Å²) in [6.45, 7) is 0.847. The molecule has 1 unspecified atom stereocenters. The maximum atomic E-state index is 5.70. The van der Waals surface area contributed by atoms with Gasteiger partial charge in [0.05, 0.1) is 6.61 Å². The first-order chi connectivity index (χ1) is 10.3. The second kappa shape index (κ2) is 6.63. The zero-order chi connectivity index (χ0) is 14.7. The van der Waals surface area contributed by atoms with Crippen LogP contribution < -0.4 is 10.1 Å². The van der Waals surface area contributed by atoms with E-state index in [1.807, 2.05) is 7.05 Å². The van der Waals surface area contributed by atoms with Gasteiger partial charge in [0.1, 0.15) is 5.75 Å². The van der Waals surface area contributed by atoms with Crippen LogP contribution in [0.2, 0.25) is 0 Å². The third-order valence-corrected chi connectivity index (χ3v) is 4.51. The lowest BCUT2D eigenvalue weighted by Crippen LogP contribution is -2.19. The van der Waals surface area contributed by atoms with Crippen molar-refractivity contribution in [2.75, 3.05) is 13.7 Å². The third kappa shape index (κ3) is 3.47. The molecule has 1 atom stereocenters. The molecule has 1 aliphatic heterocycles. The fraction of sp³-hybridized carbons (Fsp3) is 0.333. The molecule has 0 spiro atoms. The van der Waals surface area contributed by atoms with Crippen LogP contribution in [0.3, 0.4) is 0 Å². The molecule has 3 rings (SSSR count). The molecule has 0 amide bonds. The number of hydrogen-bond acceptors (Lipinski definition) is 2. The van der Waals surface area contributed by atoms with Gasteiger partial charge in [0.25, 0.3) is 0 Å². The lowest BCUT2D eigenvalue weighted by molar-refractivity contribution is 0.288. The Morgan fingerprint density at radius 3 is 2.95 bits per heavy atom. The molecular weight excluding hydrogens is 326 g/mol. The monoisotopic (exact) mass is 345 g/mol. The van der Waals surface area contributed by atoms with E-state index in [1.165, 1.54) is 16.7 Å². The number of fused-ring (bicyclic) bond motifs is 1. The van der Waals surface area contributed by atoms with Gasteiger partial charge in [-0.05, 0) is 61.2 Å². The molecule has 1 N–H and O–H groups in total. The smallest absolute Gasteiger partial charge is 0.122 e. The number of rotatable bonds is 4. The van der Waals surface area contributed by atoms with Crippen LogP contribution in [0.1, 0.15) is 29.2 Å². The minimum atomic E-state index is 0.325. The number of hydrogen-bond donors (Lipinski definition) is 1. The normalized spacial score (nSPS) is 15.1. The Bertz CT molecular complexity index is 626. The topological polar surface area (TPSA) is 21.3 Å². The van der Waals surface area contributed by atoms with E-state index in [1.54, 1.807) is 0 Å². The Morgan fingerprint density at radius 1 is 1.24 bits per heavy atom. The van der Waals surface area contributed by atoms with E-state index >= 15 is 0 Å². The first kappa shape index (κ1) is 14.6. The molecular formula is C18H20BrNO. The summed E-state index contributed by atoms with van der Waals surface area (Å²) >= 11 is 3.54. The summed E-state index contributed by atoms with van der Waals surface area (Å²) < 4.78 is 6.83. The van der Waals surface area contributed by atoms with Crippen molar-refractivity contribution in [2.24, 2.45) is 0 Å². The van der Waals surface area contributed by atoms with Crippen molar-refractivity contribution in [1.82, 2.24) is 5.32 Å². The molecule has 0 radical (unpaired) electrons. The Morgan fingerprint density at radius 2 is 2.14 bits per heavy atom. The number of aryl methyl sites for hydroxylation is 1. The van der Waals surface area contributed by atoms with Gasteiger partial charge >= 0.3 is 0 Å². The number of benzene rings is 2. The number of likely N-dealkylation sites (N-methyl/N-ethyl adjacent to an activating group) is 1. The van der Waals surface area contributed by atoms with Gasteiger partial charge in [0.2, 0.25) is 0 Å². The van der Waals surface area contributed by atoms with E-state index in [-0.39, 0.29) is 0 Å². The molecule has 2 aromatic rings. The van der Waals surface area contributed by atoms with Crippen LogP contribution in [0, 0.1) is 0 Å². The summed E-state index contributed by atoms with van der Waals surface area (Å²) in [6.07, 6.45) is 3.22. The minimum absolute atomic E-state index is 0.325. The van der Waals surface area contributed by atoms with E-state index in [9.17, 15) is 0 Å². The van der Waals surface area contributed by atoms with Crippen LogP contribution in [0.5, 0.6) is 5.75 Å². The maximum Gasteiger partial charge on any atom is 0.122 e. The van der Waals surface area contributed by atoms with Crippen LogP contribution in [0.15, 0.2) is 46.9 Å². The Balaban J connectivity index is 1.82. The lowest BCUT2D eigenvalue weighted by Gasteiger charge is -2.22. The highest BCUT2D eigenvalue weighted by atomic mass is 79.9. The SMILES string of the molecule is CNC(Cc1cccc(Br)c1)c1ccc2c(c1)CCCO2. The standard InChI is InChI=1S/C18H20BrNO/c1-20-17(11-13-4-2-6-16(19)10-13)14-7-8-18-15(12-14)5-3-9-21-18/h2,4,6-8,10,12,17,20H,3,5,9,11H2,1H3. The highest BCUT2D eigenvalue weighted by Crippen LogP contribution is 2.29. The van der Waals surface area contributed by atoms with Crippen molar-refractivity contribution in [1.29, 1.82) is 0 Å². The molecule has 0 bridgehead atoms. The van der Waals surface area contributed by atoms with Crippen LogP contribution in [0.4, 0.5) is 0 Å². The largest absolute Gasteiger partial charge is 0.493 e. The molecule has 2 aromatic carbocycles. The van der Waals surface area contributed by atoms with Gasteiger partial charge in [-0.25, -0.2) is 0 Å². The van der Waals surface area contributed by atoms with Crippen LogP contribution in [0.25, 0.3) is 0 Å². The van der Waals surface area contributed by atoms with Crippen molar-refractivity contribution in [3.63, 3.8) is 0 Å². The van der Waals surface area contributed by atoms with Crippen molar-refractivity contribution in [3.8, 4) is 5.75 Å². The van der Waals surface area contributed by atoms with Gasteiger partial charge in [0, 0.05) is 10.5 Å². The van der Waals surface area contributed by atoms with E-state index in [4.69, 9.17) is 4.74 Å². The van der Waals surface area contributed by atoms with E-state index in [2.05, 4.69) is 63.7 Å². The van der Waals surface area contributed by atoms with Gasteiger partial charge in [-0.15, -0.1) is 0 Å². The molecule has 21 heavy (non-hydrogen) atoms. The molecule has 0 aromatic heterocycles. The fourth-order valence-corrected chi connectivity index (χ4v) is 3.33. The fourth-order valence-electron chi connectivity index (χ4n) is 2.88. The summed E-state index contributed by atoms with van der Waals surface area (Å²) in [6, 6.07) is 15.4. The third-order valence-electron chi connectivity index (χ3n) is 4.01. The van der Waals surface area contributed by atoms with Gasteiger partial charge in [-0.3, -0.25) is 0 Å². The average Bonchev–Trinajstić information content (AvgIpc) is 2.52. The molecule has 2 nitrogen and oxygen atoms in total. The molecule has 1 heterocycles. The molecule has 110 valence electrons. The van der Waals surface area contributed by atoms with E-state index in [0.717, 1.165) is 36.1 Å². The zero-order valence-electron chi connectivity index (χ0n) is 12.2. The highest BCUT2D eigenvalue weighted by molar-refractivity contribution is 9.10. The van der Waals surface area contributed by atoms with Gasteiger partial charge in [0.15, 0.2) is 0 Å². The van der Waals surface area contributed by atoms with Gasteiger partial charge in [-0.2, -0.15) is 0 Å². The van der Waals surface area contributed by atoms with Crippen LogP contribution in [-0.4, -0.2) is 13.7 Å². The molecule has 0 saturated heterocycles. The lowest BCUT2D eigenvalue weighted by atomic mass is 9.95. The molecule has 0 aliphatic carbocycles. The first-order valence-corrected chi connectivity index (χ1v) is 8.23. The van der Waals surface area contributed by atoms with Crippen molar-refractivity contribution in [3.05, 3.63) is 63.6 Å². The van der Waals surface area contributed by atoms with Crippen LogP contribution in [-0.2, 0) is 12.8 Å². The molecule has 0 saturated carbocycles. The predicted octanol–water partition coefficient (Wildman–Crippen LogP) is 4.28. The number of nitrogens with one attached hydrogen (secondary N) is 1. The van der Waals surface area contributed by atoms with Crippen molar-refractivity contribution < 1.29 is 4.74 Å². The second-order valence-corrected chi connectivity index (χ2v) is 6.41. The molecule has 3 heteroatoms. The minimum Gasteiger partial charge on any atom is -0.493 e. The first-order valence-electron chi connectivity index (χ1n) is 7.43. The number of halogens is 1. The Labute approximate surface area is 134 Å². The summed E-state index contributed by atoms with van der Waals surface area (Å²) in [5, 5.41) is 3.44. The Kier molecular flexibility index (Phi) is 4.61. The van der Waals surface area contributed by atoms with Crippen LogP contribution >= 0.6 is 15.9 Å². The summed E-state index contributed by atoms with van der Waals surface area (Å²) in [7, 11) is 2.03. The van der Waals surface area contributed by atoms with E-state index in [0.29, 0.717) is 6.04 Å². The molecule has 0 fully saturated rings. The summed E-state index contributed by atoms with van der Waals surface area (Å²) in [4.78, 5) is 0. The van der Waals surface area contributed by atoms with Crippen molar-refractivity contribution >= 4 is 15.9 Å². The quantitative estimate of drug-likeness (QED) is 0.892. The van der Waals surface area contributed by atoms with Crippen molar-refractivity contribution in [2.45, 2.75) is 25.3 Å². The summed E-state index contributed by atoms with van der Waals surface area (Å²) in [5.74, 6) is 1.06. The predicted molar refractivity (Wildman–Crippen MR) is 89.9 cm³/mol. The second-order valence-electron chi connectivity index (χ2n) is 5.49. The zero-order valence-corrected chi connectivity index (χ0v) is 13.8. The molecule has 1 aliphatic rings. The Hall–Kier alpha value is -1.32. The van der Waals surface area contributed by atoms with Gasteiger partial charge in [-0.1, -0.05) is 40.2 Å². The maximum absolute atomic E-state index is 5.70. The van der Waals surface area contributed by atoms with E-state index < -0.39 is 0 Å². The highest BCUT2D eigenvalue weighted by Gasteiger charge is 2.15. The summed E-state index contributed by atoms with van der Waals surface area (Å²) in [5.41, 5.74) is 4.01. The average molecular weight is 346 g/mol.